The standard InChI is InChI=1S/C21H21N3O4/c1-13(14-7-8-18-19(11-14)28-10-9-27-18)22-20(25)12-17-15-5-3-4-6-16(15)21(26)24(2)23-17/h3-8,11,13H,9-10,12H2,1-2H3,(H,22,25)/t13-/m0/s1. The van der Waals surface area contributed by atoms with Gasteiger partial charge in [0.05, 0.1) is 23.5 Å². The van der Waals surface area contributed by atoms with Gasteiger partial charge in [-0.1, -0.05) is 24.3 Å². The molecule has 4 rings (SSSR count). The summed E-state index contributed by atoms with van der Waals surface area (Å²) < 4.78 is 12.4. The maximum Gasteiger partial charge on any atom is 0.274 e. The molecule has 0 bridgehead atoms. The van der Waals surface area contributed by atoms with Gasteiger partial charge in [0, 0.05) is 12.4 Å². The normalized spacial score (nSPS) is 13.9. The van der Waals surface area contributed by atoms with Crippen molar-refractivity contribution in [1.29, 1.82) is 0 Å². The molecule has 1 amide bonds. The smallest absolute Gasteiger partial charge is 0.274 e. The van der Waals surface area contributed by atoms with Gasteiger partial charge in [0.2, 0.25) is 5.91 Å². The van der Waals surface area contributed by atoms with Gasteiger partial charge in [-0.25, -0.2) is 4.68 Å². The van der Waals surface area contributed by atoms with E-state index in [0.717, 1.165) is 11.3 Å². The van der Waals surface area contributed by atoms with Gasteiger partial charge in [-0.15, -0.1) is 0 Å². The third-order valence-electron chi connectivity index (χ3n) is 4.80. The Bertz CT molecular complexity index is 1110. The molecular weight excluding hydrogens is 358 g/mol. The fourth-order valence-electron chi connectivity index (χ4n) is 3.36. The van der Waals surface area contributed by atoms with Crippen LogP contribution >= 0.6 is 0 Å². The van der Waals surface area contributed by atoms with Gasteiger partial charge < -0.3 is 14.8 Å². The van der Waals surface area contributed by atoms with Crippen LogP contribution in [0.1, 0.15) is 24.2 Å². The SMILES string of the molecule is C[C@H](NC(=O)Cc1nn(C)c(=O)c2ccccc12)c1ccc2c(c1)OCCO2. The van der Waals surface area contributed by atoms with Gasteiger partial charge in [0.15, 0.2) is 11.5 Å². The van der Waals surface area contributed by atoms with Crippen LogP contribution in [0.25, 0.3) is 10.8 Å². The van der Waals surface area contributed by atoms with Crippen LogP contribution in [0.2, 0.25) is 0 Å². The summed E-state index contributed by atoms with van der Waals surface area (Å²) in [5, 5.41) is 8.53. The van der Waals surface area contributed by atoms with Crippen molar-refractivity contribution in [3.63, 3.8) is 0 Å². The second kappa shape index (κ2) is 7.34. The van der Waals surface area contributed by atoms with Crippen molar-refractivity contribution in [2.75, 3.05) is 13.2 Å². The average Bonchev–Trinajstić information content (AvgIpc) is 2.71. The summed E-state index contributed by atoms with van der Waals surface area (Å²) >= 11 is 0. The molecule has 0 radical (unpaired) electrons. The molecule has 0 spiro atoms. The Balaban J connectivity index is 1.53. The quantitative estimate of drug-likeness (QED) is 0.751. The predicted molar refractivity (Wildman–Crippen MR) is 105 cm³/mol. The van der Waals surface area contributed by atoms with Crippen molar-refractivity contribution in [1.82, 2.24) is 15.1 Å². The van der Waals surface area contributed by atoms with Crippen molar-refractivity contribution in [3.05, 3.63) is 64.1 Å². The molecule has 0 aliphatic carbocycles. The molecule has 1 aliphatic rings. The van der Waals surface area contributed by atoms with E-state index in [2.05, 4.69) is 10.4 Å². The molecule has 2 heterocycles. The lowest BCUT2D eigenvalue weighted by Gasteiger charge is -2.21. The molecule has 3 aromatic rings. The maximum absolute atomic E-state index is 12.6. The lowest BCUT2D eigenvalue weighted by atomic mass is 10.1. The first-order valence-corrected chi connectivity index (χ1v) is 9.17. The number of carbonyl (C=O) groups is 1. The van der Waals surface area contributed by atoms with E-state index in [1.165, 1.54) is 4.68 Å². The monoisotopic (exact) mass is 379 g/mol. The van der Waals surface area contributed by atoms with Crippen LogP contribution in [-0.2, 0) is 18.3 Å². The van der Waals surface area contributed by atoms with Crippen LogP contribution in [0.15, 0.2) is 47.3 Å². The first kappa shape index (κ1) is 18.0. The van der Waals surface area contributed by atoms with Gasteiger partial charge in [0.1, 0.15) is 13.2 Å². The second-order valence-corrected chi connectivity index (χ2v) is 6.79. The van der Waals surface area contributed by atoms with Gasteiger partial charge in [-0.05, 0) is 30.7 Å². The number of aryl methyl sites for hydroxylation is 1. The van der Waals surface area contributed by atoms with E-state index < -0.39 is 0 Å². The van der Waals surface area contributed by atoms with Crippen LogP contribution in [-0.4, -0.2) is 28.9 Å². The largest absolute Gasteiger partial charge is 0.486 e. The van der Waals surface area contributed by atoms with Gasteiger partial charge in [0.25, 0.3) is 5.56 Å². The van der Waals surface area contributed by atoms with E-state index >= 15 is 0 Å². The summed E-state index contributed by atoms with van der Waals surface area (Å²) in [4.78, 5) is 24.9. The topological polar surface area (TPSA) is 82.5 Å². The van der Waals surface area contributed by atoms with E-state index in [0.29, 0.717) is 35.4 Å². The first-order valence-electron chi connectivity index (χ1n) is 9.17. The number of fused-ring (bicyclic) bond motifs is 2. The van der Waals surface area contributed by atoms with Crippen molar-refractivity contribution in [2.45, 2.75) is 19.4 Å². The Labute approximate surface area is 161 Å². The summed E-state index contributed by atoms with van der Waals surface area (Å²) in [6.07, 6.45) is 0.0868. The molecule has 1 N–H and O–H groups in total. The zero-order valence-electron chi connectivity index (χ0n) is 15.8. The Morgan fingerprint density at radius 3 is 2.64 bits per heavy atom. The molecule has 7 nitrogen and oxygen atoms in total. The molecule has 1 aromatic heterocycles. The summed E-state index contributed by atoms with van der Waals surface area (Å²) in [6, 6.07) is 12.7. The summed E-state index contributed by atoms with van der Waals surface area (Å²) in [5.41, 5.74) is 1.32. The van der Waals surface area contributed by atoms with E-state index in [4.69, 9.17) is 9.47 Å². The van der Waals surface area contributed by atoms with E-state index in [1.807, 2.05) is 37.3 Å². The van der Waals surface area contributed by atoms with Crippen molar-refractivity contribution in [2.24, 2.45) is 7.05 Å². The highest BCUT2D eigenvalue weighted by Crippen LogP contribution is 2.32. The summed E-state index contributed by atoms with van der Waals surface area (Å²) in [5.74, 6) is 1.24. The van der Waals surface area contributed by atoms with Crippen LogP contribution in [0.5, 0.6) is 11.5 Å². The lowest BCUT2D eigenvalue weighted by Crippen LogP contribution is -2.30. The third-order valence-corrected chi connectivity index (χ3v) is 4.80. The maximum atomic E-state index is 12.6. The average molecular weight is 379 g/mol. The Morgan fingerprint density at radius 2 is 1.86 bits per heavy atom. The molecule has 144 valence electrons. The fourth-order valence-corrected chi connectivity index (χ4v) is 3.36. The lowest BCUT2D eigenvalue weighted by molar-refractivity contribution is -0.121. The Hall–Kier alpha value is -3.35. The minimum atomic E-state index is -0.206. The van der Waals surface area contributed by atoms with Crippen molar-refractivity contribution in [3.8, 4) is 11.5 Å². The van der Waals surface area contributed by atoms with Gasteiger partial charge in [-0.2, -0.15) is 5.10 Å². The molecule has 1 atom stereocenters. The zero-order valence-corrected chi connectivity index (χ0v) is 15.8. The summed E-state index contributed by atoms with van der Waals surface area (Å²) in [6.45, 7) is 2.97. The van der Waals surface area contributed by atoms with E-state index in [1.54, 1.807) is 19.2 Å². The van der Waals surface area contributed by atoms with Crippen molar-refractivity contribution < 1.29 is 14.3 Å². The minimum absolute atomic E-state index is 0.0868. The number of benzene rings is 2. The van der Waals surface area contributed by atoms with Crippen LogP contribution < -0.4 is 20.3 Å². The number of hydrogen-bond acceptors (Lipinski definition) is 5. The van der Waals surface area contributed by atoms with Crippen molar-refractivity contribution >= 4 is 16.7 Å². The first-order chi connectivity index (χ1) is 13.5. The molecule has 28 heavy (non-hydrogen) atoms. The number of amides is 1. The van der Waals surface area contributed by atoms with Crippen LogP contribution in [0, 0.1) is 0 Å². The number of rotatable bonds is 4. The Morgan fingerprint density at radius 1 is 1.14 bits per heavy atom. The molecular formula is C21H21N3O4. The van der Waals surface area contributed by atoms with Gasteiger partial charge in [-0.3, -0.25) is 9.59 Å². The van der Waals surface area contributed by atoms with Crippen LogP contribution in [0.3, 0.4) is 0 Å². The molecule has 2 aromatic carbocycles. The molecule has 0 saturated heterocycles. The molecule has 0 fully saturated rings. The molecule has 1 aliphatic heterocycles. The number of nitrogens with zero attached hydrogens (tertiary/aromatic N) is 2. The number of aromatic nitrogens is 2. The zero-order chi connectivity index (χ0) is 19.7. The molecule has 0 saturated carbocycles. The highest BCUT2D eigenvalue weighted by atomic mass is 16.6. The minimum Gasteiger partial charge on any atom is -0.486 e. The highest BCUT2D eigenvalue weighted by Gasteiger charge is 2.17. The number of ether oxygens (including phenoxy) is 2. The number of carbonyl (C=O) groups excluding carboxylic acids is 1. The second-order valence-electron chi connectivity index (χ2n) is 6.79. The molecule has 7 heteroatoms. The van der Waals surface area contributed by atoms with E-state index in [9.17, 15) is 9.59 Å². The Kier molecular flexibility index (Phi) is 4.73. The number of nitrogens with one attached hydrogen (secondary N) is 1. The number of hydrogen-bond donors (Lipinski definition) is 1. The predicted octanol–water partition coefficient (Wildman–Crippen LogP) is 2.12. The van der Waals surface area contributed by atoms with Gasteiger partial charge >= 0.3 is 0 Å². The summed E-state index contributed by atoms with van der Waals surface area (Å²) in [7, 11) is 1.59. The molecule has 0 unspecified atom stereocenters. The van der Waals surface area contributed by atoms with Crippen LogP contribution in [0.4, 0.5) is 0 Å². The fraction of sp³-hybridized carbons (Fsp3) is 0.286. The third kappa shape index (κ3) is 3.43. The van der Waals surface area contributed by atoms with E-state index in [-0.39, 0.29) is 23.9 Å². The highest BCUT2D eigenvalue weighted by molar-refractivity contribution is 5.88.